The van der Waals surface area contributed by atoms with E-state index in [-0.39, 0.29) is 18.0 Å². The monoisotopic (exact) mass is 247 g/mol. The molecule has 1 aromatic carbocycles. The van der Waals surface area contributed by atoms with E-state index < -0.39 is 0 Å². The minimum atomic E-state index is -0.365. The molecule has 0 saturated carbocycles. The zero-order valence-electron chi connectivity index (χ0n) is 10.8. The third-order valence-electron chi connectivity index (χ3n) is 1.99. The fourth-order valence-corrected chi connectivity index (χ4v) is 1.32. The van der Waals surface area contributed by atoms with Gasteiger partial charge in [-0.2, -0.15) is 0 Å². The highest BCUT2D eigenvalue weighted by atomic mass is 16.5. The molecule has 0 bridgehead atoms. The number of rotatable bonds is 4. The van der Waals surface area contributed by atoms with Gasteiger partial charge in [0.2, 0.25) is 5.91 Å². The van der Waals surface area contributed by atoms with Gasteiger partial charge in [0.05, 0.1) is 6.10 Å². The van der Waals surface area contributed by atoms with Crippen molar-refractivity contribution in [3.63, 3.8) is 0 Å². The Balaban J connectivity index is 2.60. The van der Waals surface area contributed by atoms with Gasteiger partial charge < -0.3 is 10.1 Å². The maximum atomic E-state index is 11.3. The van der Waals surface area contributed by atoms with Gasteiger partial charge in [-0.3, -0.25) is 4.79 Å². The summed E-state index contributed by atoms with van der Waals surface area (Å²) in [6, 6.07) is 7.17. The number of carbonyl (C=O) groups excluding carboxylic acids is 2. The summed E-state index contributed by atoms with van der Waals surface area (Å²) < 4.78 is 4.97. The first kappa shape index (κ1) is 14.0. The number of benzene rings is 1. The normalized spacial score (nSPS) is 10.7. The maximum absolute atomic E-state index is 11.3. The van der Waals surface area contributed by atoms with Gasteiger partial charge in [0.1, 0.15) is 0 Å². The summed E-state index contributed by atoms with van der Waals surface area (Å²) in [5, 5.41) is 2.67. The van der Waals surface area contributed by atoms with E-state index >= 15 is 0 Å². The Hall–Kier alpha value is -2.10. The molecule has 0 atom stereocenters. The van der Waals surface area contributed by atoms with Crippen LogP contribution in [0.25, 0.3) is 6.08 Å². The molecule has 1 rings (SSSR count). The average Bonchev–Trinajstić information content (AvgIpc) is 2.26. The number of anilines is 1. The summed E-state index contributed by atoms with van der Waals surface area (Å²) in [6.45, 7) is 5.05. The SMILES string of the molecule is CC(=O)Nc1ccc(C=CC(=O)OC(C)C)cc1. The van der Waals surface area contributed by atoms with Crippen LogP contribution in [-0.4, -0.2) is 18.0 Å². The molecule has 4 nitrogen and oxygen atoms in total. The summed E-state index contributed by atoms with van der Waals surface area (Å²) in [6.07, 6.45) is 2.93. The van der Waals surface area contributed by atoms with Crippen molar-refractivity contribution >= 4 is 23.6 Å². The smallest absolute Gasteiger partial charge is 0.331 e. The zero-order valence-corrected chi connectivity index (χ0v) is 10.8. The number of carbonyl (C=O) groups is 2. The van der Waals surface area contributed by atoms with Gasteiger partial charge in [0.15, 0.2) is 0 Å². The molecule has 1 amide bonds. The molecule has 0 fully saturated rings. The highest BCUT2D eigenvalue weighted by molar-refractivity contribution is 5.89. The Morgan fingerprint density at radius 2 is 1.83 bits per heavy atom. The van der Waals surface area contributed by atoms with E-state index in [1.165, 1.54) is 13.0 Å². The van der Waals surface area contributed by atoms with Gasteiger partial charge in [-0.1, -0.05) is 12.1 Å². The van der Waals surface area contributed by atoms with Crippen molar-refractivity contribution in [1.29, 1.82) is 0 Å². The molecule has 0 aliphatic heterocycles. The Kier molecular flexibility index (Phi) is 5.11. The molecule has 0 heterocycles. The third-order valence-corrected chi connectivity index (χ3v) is 1.99. The first-order valence-electron chi connectivity index (χ1n) is 5.73. The minimum absolute atomic E-state index is 0.112. The second-order valence-electron chi connectivity index (χ2n) is 4.12. The average molecular weight is 247 g/mol. The van der Waals surface area contributed by atoms with E-state index in [9.17, 15) is 9.59 Å². The van der Waals surface area contributed by atoms with E-state index in [0.29, 0.717) is 0 Å². The molecule has 0 saturated heterocycles. The van der Waals surface area contributed by atoms with Crippen molar-refractivity contribution in [1.82, 2.24) is 0 Å². The van der Waals surface area contributed by atoms with E-state index in [2.05, 4.69) is 5.32 Å². The molecule has 1 aromatic rings. The van der Waals surface area contributed by atoms with Crippen LogP contribution in [0.2, 0.25) is 0 Å². The van der Waals surface area contributed by atoms with Crippen molar-refractivity contribution in [2.75, 3.05) is 5.32 Å². The summed E-state index contributed by atoms with van der Waals surface area (Å²) >= 11 is 0. The van der Waals surface area contributed by atoms with Gasteiger partial charge in [0, 0.05) is 18.7 Å². The molecule has 0 aromatic heterocycles. The van der Waals surface area contributed by atoms with E-state index in [4.69, 9.17) is 4.74 Å². The molecule has 18 heavy (non-hydrogen) atoms. The maximum Gasteiger partial charge on any atom is 0.331 e. The summed E-state index contributed by atoms with van der Waals surface area (Å²) in [5.74, 6) is -0.477. The van der Waals surface area contributed by atoms with Crippen LogP contribution in [0.5, 0.6) is 0 Å². The lowest BCUT2D eigenvalue weighted by Crippen LogP contribution is -2.08. The van der Waals surface area contributed by atoms with Crippen molar-refractivity contribution in [2.45, 2.75) is 26.9 Å². The highest BCUT2D eigenvalue weighted by Gasteiger charge is 2.00. The van der Waals surface area contributed by atoms with Crippen molar-refractivity contribution in [3.8, 4) is 0 Å². The summed E-state index contributed by atoms with van der Waals surface area (Å²) in [5.41, 5.74) is 1.59. The van der Waals surface area contributed by atoms with Crippen LogP contribution in [-0.2, 0) is 14.3 Å². The lowest BCUT2D eigenvalue weighted by Gasteiger charge is -2.04. The van der Waals surface area contributed by atoms with Crippen LogP contribution in [0.15, 0.2) is 30.3 Å². The zero-order chi connectivity index (χ0) is 13.5. The fourth-order valence-electron chi connectivity index (χ4n) is 1.32. The fraction of sp³-hybridized carbons (Fsp3) is 0.286. The lowest BCUT2D eigenvalue weighted by molar-refractivity contribution is -0.141. The third kappa shape index (κ3) is 5.30. The number of hydrogen-bond donors (Lipinski definition) is 1. The first-order valence-corrected chi connectivity index (χ1v) is 5.73. The number of ether oxygens (including phenoxy) is 1. The van der Waals surface area contributed by atoms with E-state index in [0.717, 1.165) is 11.3 Å². The minimum Gasteiger partial charge on any atom is -0.460 e. The van der Waals surface area contributed by atoms with Crippen LogP contribution in [0, 0.1) is 0 Å². The van der Waals surface area contributed by atoms with Gasteiger partial charge in [-0.05, 0) is 37.6 Å². The summed E-state index contributed by atoms with van der Waals surface area (Å²) in [7, 11) is 0. The van der Waals surface area contributed by atoms with Crippen LogP contribution in [0.4, 0.5) is 5.69 Å². The number of amides is 1. The second kappa shape index (κ2) is 6.59. The molecule has 0 spiro atoms. The first-order chi connectivity index (χ1) is 8.47. The van der Waals surface area contributed by atoms with Crippen molar-refractivity contribution in [3.05, 3.63) is 35.9 Å². The van der Waals surface area contributed by atoms with Gasteiger partial charge in [-0.15, -0.1) is 0 Å². The van der Waals surface area contributed by atoms with Crippen LogP contribution in [0.1, 0.15) is 26.3 Å². The van der Waals surface area contributed by atoms with Gasteiger partial charge in [0.25, 0.3) is 0 Å². The quantitative estimate of drug-likeness (QED) is 0.657. The predicted molar refractivity (Wildman–Crippen MR) is 71.0 cm³/mol. The Bertz CT molecular complexity index is 447. The number of nitrogens with one attached hydrogen (secondary N) is 1. The lowest BCUT2D eigenvalue weighted by atomic mass is 10.2. The predicted octanol–water partition coefficient (Wildman–Crippen LogP) is 2.61. The molecule has 0 aliphatic carbocycles. The number of esters is 1. The molecule has 1 N–H and O–H groups in total. The van der Waals surface area contributed by atoms with Crippen molar-refractivity contribution in [2.24, 2.45) is 0 Å². The van der Waals surface area contributed by atoms with Crippen molar-refractivity contribution < 1.29 is 14.3 Å². The van der Waals surface area contributed by atoms with Crippen LogP contribution < -0.4 is 5.32 Å². The standard InChI is InChI=1S/C14H17NO3/c1-10(2)18-14(17)9-6-12-4-7-13(8-5-12)15-11(3)16/h4-10H,1-3H3,(H,15,16). The van der Waals surface area contributed by atoms with Gasteiger partial charge >= 0.3 is 5.97 Å². The molecular formula is C14H17NO3. The summed E-state index contributed by atoms with van der Waals surface area (Å²) in [4.78, 5) is 22.1. The van der Waals surface area contributed by atoms with Gasteiger partial charge in [-0.25, -0.2) is 4.79 Å². The molecule has 0 unspecified atom stereocenters. The van der Waals surface area contributed by atoms with Crippen LogP contribution in [0.3, 0.4) is 0 Å². The highest BCUT2D eigenvalue weighted by Crippen LogP contribution is 2.10. The number of hydrogen-bond acceptors (Lipinski definition) is 3. The molecule has 0 radical (unpaired) electrons. The Labute approximate surface area is 107 Å². The van der Waals surface area contributed by atoms with Crippen LogP contribution >= 0.6 is 0 Å². The Morgan fingerprint density at radius 3 is 2.33 bits per heavy atom. The second-order valence-corrected chi connectivity index (χ2v) is 4.12. The molecular weight excluding hydrogens is 230 g/mol. The van der Waals surface area contributed by atoms with E-state index in [1.807, 2.05) is 12.1 Å². The van der Waals surface area contributed by atoms with E-state index in [1.54, 1.807) is 32.1 Å². The Morgan fingerprint density at radius 1 is 1.22 bits per heavy atom. The largest absolute Gasteiger partial charge is 0.460 e. The molecule has 0 aliphatic rings. The molecule has 4 heteroatoms. The topological polar surface area (TPSA) is 55.4 Å². The molecule has 96 valence electrons.